The van der Waals surface area contributed by atoms with Crippen LogP contribution >= 0.6 is 10.7 Å². The molecule has 1 aromatic rings. The van der Waals surface area contributed by atoms with Gasteiger partial charge in [-0.15, -0.1) is 0 Å². The van der Waals surface area contributed by atoms with Gasteiger partial charge in [-0.3, -0.25) is 0 Å². The third kappa shape index (κ3) is 4.16. The van der Waals surface area contributed by atoms with Gasteiger partial charge in [0.25, 0.3) is 0 Å². The van der Waals surface area contributed by atoms with Crippen molar-refractivity contribution >= 4 is 19.7 Å². The van der Waals surface area contributed by atoms with Crippen LogP contribution in [-0.2, 0) is 14.8 Å². The average molecular weight is 279 g/mol. The van der Waals surface area contributed by atoms with Crippen molar-refractivity contribution in [2.24, 2.45) is 5.92 Å². The SMILES string of the molecule is O=S(=O)(Cl)Cc1ccc(OCC2CC2)c(F)c1. The standard InChI is InChI=1S/C11H12ClFO3S/c12-17(14,15)7-9-3-4-11(10(13)5-9)16-6-8-1-2-8/h3-5,8H,1-2,6-7H2. The molecule has 0 aliphatic heterocycles. The fourth-order valence-electron chi connectivity index (χ4n) is 1.44. The van der Waals surface area contributed by atoms with E-state index in [1.54, 1.807) is 0 Å². The Labute approximate surface area is 104 Å². The maximum atomic E-state index is 13.5. The van der Waals surface area contributed by atoms with Crippen molar-refractivity contribution < 1.29 is 17.5 Å². The number of ether oxygens (including phenoxy) is 1. The molecule has 0 N–H and O–H groups in total. The van der Waals surface area contributed by atoms with Gasteiger partial charge in [0.1, 0.15) is 0 Å². The molecule has 1 aliphatic carbocycles. The summed E-state index contributed by atoms with van der Waals surface area (Å²) in [6.45, 7) is 0.518. The maximum absolute atomic E-state index is 13.5. The van der Waals surface area contributed by atoms with E-state index in [-0.39, 0.29) is 11.5 Å². The maximum Gasteiger partial charge on any atom is 0.236 e. The molecule has 0 amide bonds. The van der Waals surface area contributed by atoms with Gasteiger partial charge in [-0.1, -0.05) is 6.07 Å². The molecule has 1 saturated carbocycles. The predicted molar refractivity (Wildman–Crippen MR) is 63.1 cm³/mol. The lowest BCUT2D eigenvalue weighted by Crippen LogP contribution is -2.02. The molecule has 2 rings (SSSR count). The van der Waals surface area contributed by atoms with Crippen molar-refractivity contribution in [1.82, 2.24) is 0 Å². The second kappa shape index (κ2) is 4.82. The van der Waals surface area contributed by atoms with Crippen molar-refractivity contribution in [3.63, 3.8) is 0 Å². The number of benzene rings is 1. The summed E-state index contributed by atoms with van der Waals surface area (Å²) in [4.78, 5) is 0. The van der Waals surface area contributed by atoms with Crippen LogP contribution < -0.4 is 4.74 Å². The van der Waals surface area contributed by atoms with Crippen LogP contribution in [0.4, 0.5) is 4.39 Å². The number of hydrogen-bond donors (Lipinski definition) is 0. The van der Waals surface area contributed by atoms with Crippen molar-refractivity contribution in [3.05, 3.63) is 29.6 Å². The minimum Gasteiger partial charge on any atom is -0.490 e. The quantitative estimate of drug-likeness (QED) is 0.778. The molecular formula is C11H12ClFO3S. The Kier molecular flexibility index (Phi) is 3.58. The van der Waals surface area contributed by atoms with Crippen LogP contribution in [0, 0.1) is 11.7 Å². The first-order chi connectivity index (χ1) is 7.94. The van der Waals surface area contributed by atoms with Gasteiger partial charge in [0.05, 0.1) is 12.4 Å². The van der Waals surface area contributed by atoms with Crippen LogP contribution in [0.1, 0.15) is 18.4 Å². The number of rotatable bonds is 5. The molecule has 0 heterocycles. The Morgan fingerprint density at radius 2 is 2.12 bits per heavy atom. The molecule has 0 atom stereocenters. The van der Waals surface area contributed by atoms with E-state index in [0.29, 0.717) is 18.1 Å². The zero-order valence-corrected chi connectivity index (χ0v) is 10.6. The topological polar surface area (TPSA) is 43.4 Å². The zero-order valence-electron chi connectivity index (χ0n) is 9.03. The third-order valence-electron chi connectivity index (χ3n) is 2.51. The molecule has 0 spiro atoms. The van der Waals surface area contributed by atoms with Gasteiger partial charge >= 0.3 is 0 Å². The molecule has 0 bridgehead atoms. The molecule has 94 valence electrons. The van der Waals surface area contributed by atoms with Gasteiger partial charge in [-0.25, -0.2) is 12.8 Å². The molecular weight excluding hydrogens is 267 g/mol. The highest BCUT2D eigenvalue weighted by Gasteiger charge is 2.22. The first-order valence-corrected chi connectivity index (χ1v) is 7.75. The highest BCUT2D eigenvalue weighted by molar-refractivity contribution is 8.13. The van der Waals surface area contributed by atoms with E-state index in [2.05, 4.69) is 0 Å². The highest BCUT2D eigenvalue weighted by Crippen LogP contribution is 2.30. The van der Waals surface area contributed by atoms with E-state index in [1.165, 1.54) is 12.1 Å². The van der Waals surface area contributed by atoms with Crippen LogP contribution in [-0.4, -0.2) is 15.0 Å². The Bertz CT molecular complexity index is 511. The number of hydrogen-bond acceptors (Lipinski definition) is 3. The zero-order chi connectivity index (χ0) is 12.5. The van der Waals surface area contributed by atoms with Crippen LogP contribution in [0.2, 0.25) is 0 Å². The lowest BCUT2D eigenvalue weighted by molar-refractivity contribution is 0.285. The molecule has 1 fully saturated rings. The predicted octanol–water partition coefficient (Wildman–Crippen LogP) is 2.68. The van der Waals surface area contributed by atoms with Gasteiger partial charge in [0.15, 0.2) is 11.6 Å². The average Bonchev–Trinajstić information content (AvgIpc) is 2.97. The lowest BCUT2D eigenvalue weighted by atomic mass is 10.2. The van der Waals surface area contributed by atoms with Crippen molar-refractivity contribution in [1.29, 1.82) is 0 Å². The molecule has 0 unspecified atom stereocenters. The van der Waals surface area contributed by atoms with E-state index in [1.807, 2.05) is 0 Å². The minimum atomic E-state index is -3.66. The summed E-state index contributed by atoms with van der Waals surface area (Å²) >= 11 is 0. The fraction of sp³-hybridized carbons (Fsp3) is 0.455. The van der Waals surface area contributed by atoms with E-state index in [0.717, 1.165) is 18.9 Å². The fourth-order valence-corrected chi connectivity index (χ4v) is 2.40. The normalized spacial score (nSPS) is 15.9. The summed E-state index contributed by atoms with van der Waals surface area (Å²) in [6.07, 6.45) is 2.26. The van der Waals surface area contributed by atoms with Crippen molar-refractivity contribution in [2.75, 3.05) is 6.61 Å². The van der Waals surface area contributed by atoms with Crippen LogP contribution in [0.3, 0.4) is 0 Å². The molecule has 0 saturated heterocycles. The van der Waals surface area contributed by atoms with Gasteiger partial charge in [0.2, 0.25) is 9.05 Å². The highest BCUT2D eigenvalue weighted by atomic mass is 35.7. The largest absolute Gasteiger partial charge is 0.490 e. The van der Waals surface area contributed by atoms with E-state index >= 15 is 0 Å². The summed E-state index contributed by atoms with van der Waals surface area (Å²) in [5, 5.41) is 0. The Morgan fingerprint density at radius 3 is 2.65 bits per heavy atom. The van der Waals surface area contributed by atoms with E-state index in [9.17, 15) is 12.8 Å². The van der Waals surface area contributed by atoms with Gasteiger partial charge in [0, 0.05) is 10.7 Å². The third-order valence-corrected chi connectivity index (χ3v) is 3.51. The summed E-state index contributed by atoms with van der Waals surface area (Å²) in [6, 6.07) is 4.09. The molecule has 0 aromatic heterocycles. The van der Waals surface area contributed by atoms with E-state index < -0.39 is 14.9 Å². The molecule has 0 radical (unpaired) electrons. The second-order valence-electron chi connectivity index (χ2n) is 4.20. The van der Waals surface area contributed by atoms with E-state index in [4.69, 9.17) is 15.4 Å². The van der Waals surface area contributed by atoms with Crippen molar-refractivity contribution in [2.45, 2.75) is 18.6 Å². The molecule has 1 aliphatic rings. The smallest absolute Gasteiger partial charge is 0.236 e. The first kappa shape index (κ1) is 12.6. The molecule has 1 aromatic carbocycles. The number of halogens is 2. The Balaban J connectivity index is 2.04. The monoisotopic (exact) mass is 278 g/mol. The first-order valence-electron chi connectivity index (χ1n) is 5.27. The minimum absolute atomic E-state index is 0.160. The lowest BCUT2D eigenvalue weighted by Gasteiger charge is -2.07. The van der Waals surface area contributed by atoms with Crippen LogP contribution in [0.5, 0.6) is 5.75 Å². The summed E-state index contributed by atoms with van der Waals surface area (Å²) in [7, 11) is 1.43. The summed E-state index contributed by atoms with van der Waals surface area (Å²) in [5.41, 5.74) is 0.316. The molecule has 17 heavy (non-hydrogen) atoms. The van der Waals surface area contributed by atoms with Crippen LogP contribution in [0.25, 0.3) is 0 Å². The summed E-state index contributed by atoms with van der Waals surface area (Å²) in [5.74, 6) is -0.234. The van der Waals surface area contributed by atoms with Crippen molar-refractivity contribution in [3.8, 4) is 5.75 Å². The van der Waals surface area contributed by atoms with Gasteiger partial charge < -0.3 is 4.74 Å². The summed E-state index contributed by atoms with van der Waals surface area (Å²) < 4.78 is 40.5. The van der Waals surface area contributed by atoms with Crippen LogP contribution in [0.15, 0.2) is 18.2 Å². The van der Waals surface area contributed by atoms with Gasteiger partial charge in [-0.2, -0.15) is 0 Å². The molecule has 3 nitrogen and oxygen atoms in total. The Hall–Kier alpha value is -0.810. The van der Waals surface area contributed by atoms with Gasteiger partial charge in [-0.05, 0) is 36.5 Å². The Morgan fingerprint density at radius 1 is 1.41 bits per heavy atom. The second-order valence-corrected chi connectivity index (χ2v) is 6.98. The molecule has 6 heteroatoms.